The number of hydrogen-bond acceptors (Lipinski definition) is 3. The van der Waals surface area contributed by atoms with Gasteiger partial charge >= 0.3 is 6.18 Å². The van der Waals surface area contributed by atoms with Gasteiger partial charge in [0, 0.05) is 32.1 Å². The molecule has 1 saturated heterocycles. The molecule has 0 bridgehead atoms. The lowest BCUT2D eigenvalue weighted by Gasteiger charge is -2.36. The average molecular weight is 404 g/mol. The fourth-order valence-electron chi connectivity index (χ4n) is 3.72. The van der Waals surface area contributed by atoms with Crippen LogP contribution in [0.1, 0.15) is 37.7 Å². The van der Waals surface area contributed by atoms with E-state index >= 15 is 0 Å². The Morgan fingerprint density at radius 2 is 1.48 bits per heavy atom. The first-order chi connectivity index (χ1) is 12.7. The van der Waals surface area contributed by atoms with Crippen LogP contribution in [0.3, 0.4) is 0 Å². The van der Waals surface area contributed by atoms with Gasteiger partial charge in [0.05, 0.1) is 10.5 Å². The highest BCUT2D eigenvalue weighted by Crippen LogP contribution is 2.30. The normalized spacial score (nSPS) is 20.6. The third-order valence-corrected chi connectivity index (χ3v) is 7.24. The molecule has 0 spiro atoms. The van der Waals surface area contributed by atoms with Crippen molar-refractivity contribution < 1.29 is 26.4 Å². The number of amides is 1. The second kappa shape index (κ2) is 7.79. The largest absolute Gasteiger partial charge is 0.416 e. The first kappa shape index (κ1) is 20.1. The van der Waals surface area contributed by atoms with Crippen LogP contribution in [0.4, 0.5) is 13.2 Å². The predicted octanol–water partition coefficient (Wildman–Crippen LogP) is 3.12. The molecule has 1 aromatic carbocycles. The van der Waals surface area contributed by atoms with Crippen molar-refractivity contribution in [3.8, 4) is 0 Å². The van der Waals surface area contributed by atoms with Gasteiger partial charge in [0.25, 0.3) is 0 Å². The third-order valence-electron chi connectivity index (χ3n) is 5.32. The van der Waals surface area contributed by atoms with Gasteiger partial charge in [-0.25, -0.2) is 8.42 Å². The van der Waals surface area contributed by atoms with E-state index in [0.29, 0.717) is 13.1 Å². The summed E-state index contributed by atoms with van der Waals surface area (Å²) in [6.07, 6.45) is 0.541. The van der Waals surface area contributed by atoms with Gasteiger partial charge in [-0.1, -0.05) is 19.3 Å². The molecule has 9 heteroatoms. The topological polar surface area (TPSA) is 57.7 Å². The number of benzene rings is 1. The summed E-state index contributed by atoms with van der Waals surface area (Å²) in [6, 6.07) is 3.51. The number of carbonyl (C=O) groups excluding carboxylic acids is 1. The van der Waals surface area contributed by atoms with E-state index in [1.54, 1.807) is 4.90 Å². The molecule has 1 aliphatic heterocycles. The van der Waals surface area contributed by atoms with Gasteiger partial charge in [-0.05, 0) is 37.1 Å². The molecule has 0 N–H and O–H groups in total. The van der Waals surface area contributed by atoms with Gasteiger partial charge in [-0.3, -0.25) is 4.79 Å². The first-order valence-electron chi connectivity index (χ1n) is 9.16. The second-order valence-electron chi connectivity index (χ2n) is 7.09. The molecule has 3 rings (SSSR count). The maximum absolute atomic E-state index is 12.7. The summed E-state index contributed by atoms with van der Waals surface area (Å²) in [5.74, 6) is 0.137. The summed E-state index contributed by atoms with van der Waals surface area (Å²) in [5.41, 5.74) is -0.885. The van der Waals surface area contributed by atoms with Gasteiger partial charge in [-0.2, -0.15) is 17.5 Å². The van der Waals surface area contributed by atoms with Crippen molar-refractivity contribution in [3.05, 3.63) is 29.8 Å². The minimum Gasteiger partial charge on any atom is -0.340 e. The van der Waals surface area contributed by atoms with Crippen LogP contribution < -0.4 is 0 Å². The van der Waals surface area contributed by atoms with Crippen molar-refractivity contribution in [3.63, 3.8) is 0 Å². The standard InChI is InChI=1S/C18H23F3N2O3S/c19-18(20,21)15-6-8-16(9-7-15)27(25,26)23-12-10-22(11-13-23)17(24)14-4-2-1-3-5-14/h6-9,14H,1-5,10-13H2. The van der Waals surface area contributed by atoms with Gasteiger partial charge in [0.2, 0.25) is 15.9 Å². The van der Waals surface area contributed by atoms with Crippen LogP contribution in [0.25, 0.3) is 0 Å². The van der Waals surface area contributed by atoms with E-state index in [4.69, 9.17) is 0 Å². The number of piperazine rings is 1. The van der Waals surface area contributed by atoms with E-state index in [0.717, 1.165) is 56.4 Å². The number of rotatable bonds is 3. The summed E-state index contributed by atoms with van der Waals surface area (Å²) < 4.78 is 64.5. The number of carbonyl (C=O) groups is 1. The SMILES string of the molecule is O=C(C1CCCCC1)N1CCN(S(=O)(=O)c2ccc(C(F)(F)F)cc2)CC1. The Labute approximate surface area is 157 Å². The minimum atomic E-state index is -4.51. The number of hydrogen-bond donors (Lipinski definition) is 0. The minimum absolute atomic E-state index is 0.0387. The smallest absolute Gasteiger partial charge is 0.340 e. The van der Waals surface area contributed by atoms with Crippen LogP contribution >= 0.6 is 0 Å². The molecule has 150 valence electrons. The van der Waals surface area contributed by atoms with Crippen molar-refractivity contribution >= 4 is 15.9 Å². The van der Waals surface area contributed by atoms with Crippen LogP contribution in [0.15, 0.2) is 29.2 Å². The number of sulfonamides is 1. The maximum Gasteiger partial charge on any atom is 0.416 e. The maximum atomic E-state index is 12.7. The van der Waals surface area contributed by atoms with Crippen LogP contribution in [0.5, 0.6) is 0 Å². The molecule has 27 heavy (non-hydrogen) atoms. The van der Waals surface area contributed by atoms with E-state index in [-0.39, 0.29) is 29.8 Å². The monoisotopic (exact) mass is 404 g/mol. The van der Waals surface area contributed by atoms with Gasteiger partial charge in [0.15, 0.2) is 0 Å². The molecule has 2 fully saturated rings. The second-order valence-corrected chi connectivity index (χ2v) is 9.02. The fraction of sp³-hybridized carbons (Fsp3) is 0.611. The summed E-state index contributed by atoms with van der Waals surface area (Å²) >= 11 is 0. The highest BCUT2D eigenvalue weighted by molar-refractivity contribution is 7.89. The van der Waals surface area contributed by atoms with Crippen molar-refractivity contribution in [1.82, 2.24) is 9.21 Å². The Morgan fingerprint density at radius 3 is 2.00 bits per heavy atom. The summed E-state index contributed by atoms with van der Waals surface area (Å²) in [7, 11) is -3.87. The van der Waals surface area contributed by atoms with Gasteiger partial charge in [0.1, 0.15) is 0 Å². The number of nitrogens with zero attached hydrogens (tertiary/aromatic N) is 2. The van der Waals surface area contributed by atoms with Gasteiger partial charge < -0.3 is 4.90 Å². The van der Waals surface area contributed by atoms with E-state index in [1.807, 2.05) is 0 Å². The van der Waals surface area contributed by atoms with E-state index in [9.17, 15) is 26.4 Å². The Hall–Kier alpha value is -1.61. The molecule has 0 unspecified atom stereocenters. The molecule has 1 heterocycles. The molecule has 1 amide bonds. The Balaban J connectivity index is 1.63. The molecule has 1 aliphatic carbocycles. The highest BCUT2D eigenvalue weighted by atomic mass is 32.2. The van der Waals surface area contributed by atoms with Crippen LogP contribution in [-0.4, -0.2) is 49.7 Å². The van der Waals surface area contributed by atoms with E-state index < -0.39 is 21.8 Å². The predicted molar refractivity (Wildman–Crippen MR) is 93.4 cm³/mol. The number of alkyl halides is 3. The third kappa shape index (κ3) is 4.45. The zero-order valence-corrected chi connectivity index (χ0v) is 15.7. The highest BCUT2D eigenvalue weighted by Gasteiger charge is 2.34. The molecule has 0 aromatic heterocycles. The molecular formula is C18H23F3N2O3S. The van der Waals surface area contributed by atoms with E-state index in [1.165, 1.54) is 4.31 Å². The Bertz CT molecular complexity index is 764. The molecule has 0 radical (unpaired) electrons. The molecular weight excluding hydrogens is 381 g/mol. The van der Waals surface area contributed by atoms with Crippen LogP contribution in [-0.2, 0) is 21.0 Å². The Kier molecular flexibility index (Phi) is 5.81. The molecule has 2 aliphatic rings. The Morgan fingerprint density at radius 1 is 0.926 bits per heavy atom. The van der Waals surface area contributed by atoms with Gasteiger partial charge in [-0.15, -0.1) is 0 Å². The first-order valence-corrected chi connectivity index (χ1v) is 10.6. The number of halogens is 3. The lowest BCUT2D eigenvalue weighted by Crippen LogP contribution is -2.52. The molecule has 5 nitrogen and oxygen atoms in total. The zero-order chi connectivity index (χ0) is 19.7. The molecule has 0 atom stereocenters. The van der Waals surface area contributed by atoms with Crippen molar-refractivity contribution in [1.29, 1.82) is 0 Å². The van der Waals surface area contributed by atoms with Crippen molar-refractivity contribution in [2.75, 3.05) is 26.2 Å². The lowest BCUT2D eigenvalue weighted by atomic mass is 9.88. The summed E-state index contributed by atoms with van der Waals surface area (Å²) in [6.45, 7) is 0.939. The van der Waals surface area contributed by atoms with Crippen LogP contribution in [0, 0.1) is 5.92 Å². The fourth-order valence-corrected chi connectivity index (χ4v) is 5.14. The zero-order valence-electron chi connectivity index (χ0n) is 14.9. The van der Waals surface area contributed by atoms with Crippen molar-refractivity contribution in [2.24, 2.45) is 5.92 Å². The van der Waals surface area contributed by atoms with Crippen LogP contribution in [0.2, 0.25) is 0 Å². The van der Waals surface area contributed by atoms with Crippen molar-refractivity contribution in [2.45, 2.75) is 43.2 Å². The summed E-state index contributed by atoms with van der Waals surface area (Å²) in [5, 5.41) is 0. The van der Waals surface area contributed by atoms with E-state index in [2.05, 4.69) is 0 Å². The lowest BCUT2D eigenvalue weighted by molar-refractivity contribution is -0.138. The average Bonchev–Trinajstić information content (AvgIpc) is 2.67. The quantitative estimate of drug-likeness (QED) is 0.778. The molecule has 1 aromatic rings. The summed E-state index contributed by atoms with van der Waals surface area (Å²) in [4.78, 5) is 14.1. The molecule has 1 saturated carbocycles.